The summed E-state index contributed by atoms with van der Waals surface area (Å²) in [6.45, 7) is 3.92. The highest BCUT2D eigenvalue weighted by molar-refractivity contribution is 7.99. The molecule has 0 atom stereocenters. The molecule has 0 unspecified atom stereocenters. The Morgan fingerprint density at radius 2 is 2.04 bits per heavy atom. The zero-order chi connectivity index (χ0) is 16.4. The van der Waals surface area contributed by atoms with Gasteiger partial charge in [-0.05, 0) is 36.4 Å². The Kier molecular flexibility index (Phi) is 4.49. The van der Waals surface area contributed by atoms with Crippen molar-refractivity contribution in [2.24, 2.45) is 0 Å². The average molecular weight is 345 g/mol. The Labute approximate surface area is 141 Å². The fourth-order valence-corrected chi connectivity index (χ4v) is 3.63. The molecule has 2 heterocycles. The maximum Gasteiger partial charge on any atom is 0.269 e. The Morgan fingerprint density at radius 1 is 1.30 bits per heavy atom. The third-order valence-electron chi connectivity index (χ3n) is 3.38. The van der Waals surface area contributed by atoms with Crippen molar-refractivity contribution in [2.45, 2.75) is 19.0 Å². The number of thioether (sulfide) groups is 1. The summed E-state index contributed by atoms with van der Waals surface area (Å²) in [7, 11) is 0. The fraction of sp³-hybridized carbons (Fsp3) is 0.188. The molecule has 1 aromatic carbocycles. The number of amides is 1. The number of hydrogen-bond acceptors (Lipinski definition) is 5. The van der Waals surface area contributed by atoms with Crippen molar-refractivity contribution in [3.8, 4) is 0 Å². The normalized spacial score (nSPS) is 10.9. The number of H-pyrrole nitrogens is 1. The number of aromatic nitrogens is 2. The molecule has 0 aliphatic heterocycles. The molecule has 0 spiro atoms. The maximum atomic E-state index is 12.1. The van der Waals surface area contributed by atoms with Crippen LogP contribution in [0.2, 0.25) is 0 Å². The van der Waals surface area contributed by atoms with Crippen LogP contribution in [0.15, 0.2) is 39.6 Å². The predicted octanol–water partition coefficient (Wildman–Crippen LogP) is 3.33. The largest absolute Gasteiger partial charge is 0.325 e. The highest BCUT2D eigenvalue weighted by Gasteiger charge is 2.10. The molecular formula is C16H15N3O2S2. The molecule has 0 fully saturated rings. The Hall–Kier alpha value is -2.12. The molecule has 0 saturated carbocycles. The molecule has 1 amide bonds. The van der Waals surface area contributed by atoms with Crippen molar-refractivity contribution < 1.29 is 4.79 Å². The van der Waals surface area contributed by atoms with E-state index in [4.69, 9.17) is 0 Å². The van der Waals surface area contributed by atoms with Gasteiger partial charge >= 0.3 is 0 Å². The smallest absolute Gasteiger partial charge is 0.269 e. The zero-order valence-electron chi connectivity index (χ0n) is 12.7. The van der Waals surface area contributed by atoms with Crippen LogP contribution in [0.25, 0.3) is 10.2 Å². The van der Waals surface area contributed by atoms with E-state index in [0.29, 0.717) is 15.4 Å². The van der Waals surface area contributed by atoms with Gasteiger partial charge in [0.05, 0.1) is 11.3 Å². The van der Waals surface area contributed by atoms with Gasteiger partial charge in [0.1, 0.15) is 4.70 Å². The molecule has 5 nitrogen and oxygen atoms in total. The van der Waals surface area contributed by atoms with Gasteiger partial charge in [-0.15, -0.1) is 11.3 Å². The van der Waals surface area contributed by atoms with Crippen LogP contribution >= 0.6 is 23.1 Å². The number of carbonyl (C=O) groups is 1. The van der Waals surface area contributed by atoms with Gasteiger partial charge in [0, 0.05) is 5.69 Å². The van der Waals surface area contributed by atoms with E-state index in [9.17, 15) is 9.59 Å². The van der Waals surface area contributed by atoms with Gasteiger partial charge in [-0.3, -0.25) is 9.59 Å². The van der Waals surface area contributed by atoms with E-state index >= 15 is 0 Å². The topological polar surface area (TPSA) is 74.8 Å². The molecular weight excluding hydrogens is 330 g/mol. The molecule has 23 heavy (non-hydrogen) atoms. The molecule has 0 saturated heterocycles. The van der Waals surface area contributed by atoms with Crippen LogP contribution in [0.4, 0.5) is 5.69 Å². The number of aromatic amines is 1. The second-order valence-electron chi connectivity index (χ2n) is 5.11. The second kappa shape index (κ2) is 6.55. The maximum absolute atomic E-state index is 12.1. The highest BCUT2D eigenvalue weighted by Crippen LogP contribution is 2.21. The minimum absolute atomic E-state index is 0.125. The number of nitrogens with one attached hydrogen (secondary N) is 2. The summed E-state index contributed by atoms with van der Waals surface area (Å²) in [6.07, 6.45) is 0. The lowest BCUT2D eigenvalue weighted by Gasteiger charge is -2.11. The first kappa shape index (κ1) is 15.8. The van der Waals surface area contributed by atoms with Crippen LogP contribution in [-0.2, 0) is 4.79 Å². The van der Waals surface area contributed by atoms with Crippen molar-refractivity contribution in [3.63, 3.8) is 0 Å². The van der Waals surface area contributed by atoms with Crippen LogP contribution in [-0.4, -0.2) is 21.6 Å². The number of para-hydroxylation sites is 1. The Balaban J connectivity index is 1.69. The molecule has 3 rings (SSSR count). The number of fused-ring (bicyclic) bond motifs is 1. The van der Waals surface area contributed by atoms with Gasteiger partial charge in [0.2, 0.25) is 5.91 Å². The molecule has 0 aliphatic rings. The first-order chi connectivity index (χ1) is 11.0. The summed E-state index contributed by atoms with van der Waals surface area (Å²) < 4.78 is 0.606. The van der Waals surface area contributed by atoms with Crippen LogP contribution in [0.1, 0.15) is 11.1 Å². The van der Waals surface area contributed by atoms with Crippen molar-refractivity contribution in [3.05, 3.63) is 51.1 Å². The SMILES string of the molecule is Cc1cccc(C)c1NC(=O)CSc1nc2ccsc2c(=O)[nH]1. The summed E-state index contributed by atoms with van der Waals surface area (Å²) in [5.74, 6) is 0.0623. The number of rotatable bonds is 4. The summed E-state index contributed by atoms with van der Waals surface area (Å²) >= 11 is 2.58. The van der Waals surface area contributed by atoms with Gasteiger partial charge in [0.15, 0.2) is 5.16 Å². The van der Waals surface area contributed by atoms with E-state index in [1.165, 1.54) is 23.1 Å². The minimum atomic E-state index is -0.164. The van der Waals surface area contributed by atoms with Gasteiger partial charge in [0.25, 0.3) is 5.56 Å². The monoisotopic (exact) mass is 345 g/mol. The number of thiophene rings is 1. The van der Waals surface area contributed by atoms with Crippen LogP contribution in [0.5, 0.6) is 0 Å². The molecule has 0 bridgehead atoms. The van der Waals surface area contributed by atoms with Gasteiger partial charge in [-0.1, -0.05) is 30.0 Å². The Morgan fingerprint density at radius 3 is 2.78 bits per heavy atom. The molecule has 0 aliphatic carbocycles. The van der Waals surface area contributed by atoms with Crippen molar-refractivity contribution >= 4 is 44.9 Å². The summed E-state index contributed by atoms with van der Waals surface area (Å²) in [6, 6.07) is 7.68. The lowest BCUT2D eigenvalue weighted by atomic mass is 10.1. The quantitative estimate of drug-likeness (QED) is 0.562. The van der Waals surface area contributed by atoms with E-state index in [2.05, 4.69) is 15.3 Å². The van der Waals surface area contributed by atoms with Crippen LogP contribution < -0.4 is 10.9 Å². The van der Waals surface area contributed by atoms with Crippen LogP contribution in [0.3, 0.4) is 0 Å². The minimum Gasteiger partial charge on any atom is -0.325 e. The number of benzene rings is 1. The third kappa shape index (κ3) is 3.46. The predicted molar refractivity (Wildman–Crippen MR) is 95.5 cm³/mol. The molecule has 7 heteroatoms. The molecule has 2 aromatic heterocycles. The number of carbonyl (C=O) groups excluding carboxylic acids is 1. The number of anilines is 1. The number of aryl methyl sites for hydroxylation is 2. The number of nitrogens with zero attached hydrogens (tertiary/aromatic N) is 1. The first-order valence-corrected chi connectivity index (χ1v) is 8.87. The average Bonchev–Trinajstić information content (AvgIpc) is 2.98. The van der Waals surface area contributed by atoms with Gasteiger partial charge < -0.3 is 10.3 Å². The van der Waals surface area contributed by atoms with Crippen molar-refractivity contribution in [1.82, 2.24) is 9.97 Å². The lowest BCUT2D eigenvalue weighted by Crippen LogP contribution is -2.16. The van der Waals surface area contributed by atoms with E-state index in [1.54, 1.807) is 6.07 Å². The number of hydrogen-bond donors (Lipinski definition) is 2. The van der Waals surface area contributed by atoms with E-state index in [-0.39, 0.29) is 17.2 Å². The summed E-state index contributed by atoms with van der Waals surface area (Å²) in [4.78, 5) is 31.1. The van der Waals surface area contributed by atoms with Crippen LogP contribution in [0, 0.1) is 13.8 Å². The molecule has 2 N–H and O–H groups in total. The fourth-order valence-electron chi connectivity index (χ4n) is 2.24. The molecule has 118 valence electrons. The van der Waals surface area contributed by atoms with E-state index < -0.39 is 0 Å². The van der Waals surface area contributed by atoms with Gasteiger partial charge in [-0.25, -0.2) is 4.98 Å². The Bertz CT molecular complexity index is 910. The summed E-state index contributed by atoms with van der Waals surface area (Å²) in [5, 5.41) is 5.20. The van der Waals surface area contributed by atoms with E-state index in [1.807, 2.05) is 37.4 Å². The molecule has 0 radical (unpaired) electrons. The van der Waals surface area contributed by atoms with E-state index in [0.717, 1.165) is 16.8 Å². The van der Waals surface area contributed by atoms with Gasteiger partial charge in [-0.2, -0.15) is 0 Å². The highest BCUT2D eigenvalue weighted by atomic mass is 32.2. The third-order valence-corrected chi connectivity index (χ3v) is 5.15. The van der Waals surface area contributed by atoms with Crippen molar-refractivity contribution in [1.29, 1.82) is 0 Å². The molecule has 3 aromatic rings. The summed E-state index contributed by atoms with van der Waals surface area (Å²) in [5.41, 5.74) is 3.39. The van der Waals surface area contributed by atoms with Crippen molar-refractivity contribution in [2.75, 3.05) is 11.1 Å². The lowest BCUT2D eigenvalue weighted by molar-refractivity contribution is -0.113. The first-order valence-electron chi connectivity index (χ1n) is 7.01. The second-order valence-corrected chi connectivity index (χ2v) is 6.99. The standard InChI is InChI=1S/C16H15N3O2S2/c1-9-4-3-5-10(2)13(9)18-12(20)8-23-16-17-11-6-7-22-14(11)15(21)19-16/h3-7H,8H2,1-2H3,(H,18,20)(H,17,19,21). The zero-order valence-corrected chi connectivity index (χ0v) is 14.3.